The first-order chi connectivity index (χ1) is 10.2. The molecule has 0 aliphatic carbocycles. The number of aryl methyl sites for hydroxylation is 1. The Labute approximate surface area is 126 Å². The second-order valence-corrected chi connectivity index (χ2v) is 5.42. The van der Waals surface area contributed by atoms with Gasteiger partial charge < -0.3 is 15.3 Å². The Hall–Kier alpha value is -1.59. The van der Waals surface area contributed by atoms with Crippen LogP contribution in [0.2, 0.25) is 0 Å². The number of hydrogen-bond donors (Lipinski definition) is 2. The standard InChI is InChI=1S/C16H25N3O2/c1-3-17-14-4-5-15(13(2)12-14)16(21)19-8-6-18(7-9-19)10-11-20/h4-5,12,17,20H,3,6-11H2,1-2H3. The molecule has 0 spiro atoms. The molecule has 5 nitrogen and oxygen atoms in total. The Morgan fingerprint density at radius 3 is 2.57 bits per heavy atom. The molecule has 2 N–H and O–H groups in total. The van der Waals surface area contributed by atoms with Crippen LogP contribution >= 0.6 is 0 Å². The molecule has 1 amide bonds. The average Bonchev–Trinajstić information content (AvgIpc) is 2.48. The van der Waals surface area contributed by atoms with E-state index in [4.69, 9.17) is 5.11 Å². The van der Waals surface area contributed by atoms with E-state index >= 15 is 0 Å². The van der Waals surface area contributed by atoms with Gasteiger partial charge in [-0.2, -0.15) is 0 Å². The molecule has 1 aromatic rings. The van der Waals surface area contributed by atoms with Crippen molar-refractivity contribution in [3.05, 3.63) is 29.3 Å². The lowest BCUT2D eigenvalue weighted by Crippen LogP contribution is -2.49. The largest absolute Gasteiger partial charge is 0.395 e. The monoisotopic (exact) mass is 291 g/mol. The van der Waals surface area contributed by atoms with Crippen molar-refractivity contribution in [1.29, 1.82) is 0 Å². The van der Waals surface area contributed by atoms with Crippen molar-refractivity contribution >= 4 is 11.6 Å². The van der Waals surface area contributed by atoms with Crippen LogP contribution < -0.4 is 5.32 Å². The van der Waals surface area contributed by atoms with Gasteiger partial charge in [-0.05, 0) is 37.6 Å². The molecule has 116 valence electrons. The lowest BCUT2D eigenvalue weighted by Gasteiger charge is -2.34. The van der Waals surface area contributed by atoms with Gasteiger partial charge in [0.15, 0.2) is 0 Å². The first kappa shape index (κ1) is 15.8. The lowest BCUT2D eigenvalue weighted by atomic mass is 10.1. The van der Waals surface area contributed by atoms with E-state index < -0.39 is 0 Å². The highest BCUT2D eigenvalue weighted by Crippen LogP contribution is 2.17. The third-order valence-corrected chi connectivity index (χ3v) is 3.91. The van der Waals surface area contributed by atoms with Gasteiger partial charge in [0.2, 0.25) is 0 Å². The first-order valence-electron chi connectivity index (χ1n) is 7.62. The predicted molar refractivity (Wildman–Crippen MR) is 84.8 cm³/mol. The van der Waals surface area contributed by atoms with Crippen LogP contribution in [0.4, 0.5) is 5.69 Å². The summed E-state index contributed by atoms with van der Waals surface area (Å²) in [6.45, 7) is 8.91. The van der Waals surface area contributed by atoms with E-state index in [2.05, 4.69) is 17.1 Å². The topological polar surface area (TPSA) is 55.8 Å². The molecule has 0 aromatic heterocycles. The molecule has 1 saturated heterocycles. The molecule has 5 heteroatoms. The van der Waals surface area contributed by atoms with Crippen molar-refractivity contribution in [3.8, 4) is 0 Å². The van der Waals surface area contributed by atoms with Gasteiger partial charge in [0.25, 0.3) is 5.91 Å². The minimum atomic E-state index is 0.110. The van der Waals surface area contributed by atoms with Gasteiger partial charge in [-0.25, -0.2) is 0 Å². The maximum Gasteiger partial charge on any atom is 0.254 e. The Kier molecular flexibility index (Phi) is 5.59. The molecule has 1 aromatic carbocycles. The highest BCUT2D eigenvalue weighted by molar-refractivity contribution is 5.96. The normalized spacial score (nSPS) is 16.0. The zero-order valence-corrected chi connectivity index (χ0v) is 12.9. The number of anilines is 1. The third kappa shape index (κ3) is 3.95. The highest BCUT2D eigenvalue weighted by Gasteiger charge is 2.22. The van der Waals surface area contributed by atoms with Gasteiger partial charge in [0.1, 0.15) is 0 Å². The molecule has 0 saturated carbocycles. The molecule has 2 rings (SSSR count). The summed E-state index contributed by atoms with van der Waals surface area (Å²) in [6.07, 6.45) is 0. The number of carbonyl (C=O) groups is 1. The molecule has 21 heavy (non-hydrogen) atoms. The molecule has 0 atom stereocenters. The summed E-state index contributed by atoms with van der Waals surface area (Å²) in [5, 5.41) is 12.2. The van der Waals surface area contributed by atoms with E-state index in [9.17, 15) is 4.79 Å². The van der Waals surface area contributed by atoms with E-state index in [-0.39, 0.29) is 12.5 Å². The van der Waals surface area contributed by atoms with Crippen molar-refractivity contribution < 1.29 is 9.90 Å². The van der Waals surface area contributed by atoms with Crippen LogP contribution in [0.3, 0.4) is 0 Å². The number of benzene rings is 1. The second-order valence-electron chi connectivity index (χ2n) is 5.42. The van der Waals surface area contributed by atoms with Gasteiger partial charge in [0.05, 0.1) is 6.61 Å². The Morgan fingerprint density at radius 1 is 1.29 bits per heavy atom. The summed E-state index contributed by atoms with van der Waals surface area (Å²) >= 11 is 0. The number of hydrogen-bond acceptors (Lipinski definition) is 4. The average molecular weight is 291 g/mol. The van der Waals surface area contributed by atoms with Crippen molar-refractivity contribution in [2.75, 3.05) is 51.2 Å². The molecule has 1 aliphatic rings. The van der Waals surface area contributed by atoms with Crippen LogP contribution in [0.25, 0.3) is 0 Å². The Bertz CT molecular complexity index is 482. The number of aliphatic hydroxyl groups excluding tert-OH is 1. The van der Waals surface area contributed by atoms with E-state index in [1.165, 1.54) is 0 Å². The van der Waals surface area contributed by atoms with Crippen LogP contribution in [0.15, 0.2) is 18.2 Å². The number of nitrogens with one attached hydrogen (secondary N) is 1. The third-order valence-electron chi connectivity index (χ3n) is 3.91. The van der Waals surface area contributed by atoms with Crippen LogP contribution in [0, 0.1) is 6.92 Å². The van der Waals surface area contributed by atoms with E-state index in [1.807, 2.05) is 30.0 Å². The number of carbonyl (C=O) groups excluding carboxylic acids is 1. The number of nitrogens with zero attached hydrogens (tertiary/aromatic N) is 2. The van der Waals surface area contributed by atoms with E-state index in [1.54, 1.807) is 0 Å². The SMILES string of the molecule is CCNc1ccc(C(=O)N2CCN(CCO)CC2)c(C)c1. The van der Waals surface area contributed by atoms with Gasteiger partial charge in [-0.15, -0.1) is 0 Å². The summed E-state index contributed by atoms with van der Waals surface area (Å²) in [5.74, 6) is 0.110. The van der Waals surface area contributed by atoms with Crippen LogP contribution in [-0.2, 0) is 0 Å². The quantitative estimate of drug-likeness (QED) is 0.855. The van der Waals surface area contributed by atoms with Crippen molar-refractivity contribution in [3.63, 3.8) is 0 Å². The number of rotatable bonds is 5. The van der Waals surface area contributed by atoms with Gasteiger partial charge in [-0.1, -0.05) is 0 Å². The number of amides is 1. The molecular weight excluding hydrogens is 266 g/mol. The molecule has 0 radical (unpaired) electrons. The minimum Gasteiger partial charge on any atom is -0.395 e. The predicted octanol–water partition coefficient (Wildman–Crippen LogP) is 1.18. The summed E-state index contributed by atoms with van der Waals surface area (Å²) in [5.41, 5.74) is 2.85. The number of piperazine rings is 1. The van der Waals surface area contributed by atoms with E-state index in [0.29, 0.717) is 6.54 Å². The van der Waals surface area contributed by atoms with Crippen LogP contribution in [0.1, 0.15) is 22.8 Å². The Balaban J connectivity index is 2.00. The van der Waals surface area contributed by atoms with Gasteiger partial charge >= 0.3 is 0 Å². The molecule has 1 aliphatic heterocycles. The molecule has 1 heterocycles. The van der Waals surface area contributed by atoms with E-state index in [0.717, 1.165) is 49.5 Å². The lowest BCUT2D eigenvalue weighted by molar-refractivity contribution is 0.0614. The molecule has 1 fully saturated rings. The minimum absolute atomic E-state index is 0.110. The fourth-order valence-corrected chi connectivity index (χ4v) is 2.70. The first-order valence-corrected chi connectivity index (χ1v) is 7.62. The summed E-state index contributed by atoms with van der Waals surface area (Å²) in [7, 11) is 0. The second kappa shape index (κ2) is 7.43. The number of aliphatic hydroxyl groups is 1. The van der Waals surface area contributed by atoms with Crippen LogP contribution in [-0.4, -0.2) is 66.7 Å². The summed E-state index contributed by atoms with van der Waals surface area (Å²) < 4.78 is 0. The smallest absolute Gasteiger partial charge is 0.254 e. The summed E-state index contributed by atoms with van der Waals surface area (Å²) in [6, 6.07) is 5.90. The molecular formula is C16H25N3O2. The molecule has 0 bridgehead atoms. The highest BCUT2D eigenvalue weighted by atomic mass is 16.3. The molecule has 0 unspecified atom stereocenters. The maximum absolute atomic E-state index is 12.6. The van der Waals surface area contributed by atoms with Crippen molar-refractivity contribution in [2.45, 2.75) is 13.8 Å². The zero-order chi connectivity index (χ0) is 15.2. The van der Waals surface area contributed by atoms with Crippen LogP contribution in [0.5, 0.6) is 0 Å². The van der Waals surface area contributed by atoms with Gasteiger partial charge in [0, 0.05) is 50.5 Å². The zero-order valence-electron chi connectivity index (χ0n) is 12.9. The maximum atomic E-state index is 12.6. The number of β-amino-alcohol motifs (C(OH)–C–C–N with tert-alkyl or cyclic N) is 1. The fourth-order valence-electron chi connectivity index (χ4n) is 2.70. The Morgan fingerprint density at radius 2 is 2.00 bits per heavy atom. The van der Waals surface area contributed by atoms with Crippen molar-refractivity contribution in [1.82, 2.24) is 9.80 Å². The van der Waals surface area contributed by atoms with Crippen molar-refractivity contribution in [2.24, 2.45) is 0 Å². The van der Waals surface area contributed by atoms with Gasteiger partial charge in [-0.3, -0.25) is 9.69 Å². The summed E-state index contributed by atoms with van der Waals surface area (Å²) in [4.78, 5) is 16.7. The fraction of sp³-hybridized carbons (Fsp3) is 0.562.